The van der Waals surface area contributed by atoms with Crippen LogP contribution in [0.4, 0.5) is 35.0 Å². The quantitative estimate of drug-likeness (QED) is 0.649. The zero-order valence-corrected chi connectivity index (χ0v) is 18.7. The number of halogens is 3. The maximum atomic E-state index is 12.9. The molecule has 1 heterocycles. The number of rotatable bonds is 3. The minimum absolute atomic E-state index is 0.0950. The molecular formula is C23H27F3N4O3. The van der Waals surface area contributed by atoms with Gasteiger partial charge in [-0.15, -0.1) is 0 Å². The van der Waals surface area contributed by atoms with Crippen molar-refractivity contribution in [2.75, 3.05) is 42.1 Å². The number of carbonyl (C=O) groups excluding carboxylic acids is 2. The molecule has 0 saturated carbocycles. The summed E-state index contributed by atoms with van der Waals surface area (Å²) < 4.78 is 44.0. The molecule has 33 heavy (non-hydrogen) atoms. The van der Waals surface area contributed by atoms with Gasteiger partial charge in [0.05, 0.1) is 22.5 Å². The Morgan fingerprint density at radius 1 is 1.00 bits per heavy atom. The lowest BCUT2D eigenvalue weighted by molar-refractivity contribution is -0.137. The predicted octanol–water partition coefficient (Wildman–Crippen LogP) is 4.60. The number of alkyl halides is 3. The van der Waals surface area contributed by atoms with Crippen LogP contribution < -0.4 is 16.0 Å². The average Bonchev–Trinajstić information content (AvgIpc) is 2.73. The van der Waals surface area contributed by atoms with Crippen LogP contribution in [0, 0.1) is 0 Å². The topological polar surface area (TPSA) is 87.9 Å². The molecule has 1 aliphatic rings. The maximum Gasteiger partial charge on any atom is 0.416 e. The van der Waals surface area contributed by atoms with Gasteiger partial charge < -0.3 is 25.6 Å². The average molecular weight is 464 g/mol. The van der Waals surface area contributed by atoms with E-state index in [0.717, 1.165) is 18.2 Å². The van der Waals surface area contributed by atoms with Crippen molar-refractivity contribution in [1.82, 2.24) is 4.90 Å². The van der Waals surface area contributed by atoms with E-state index in [4.69, 9.17) is 10.5 Å². The van der Waals surface area contributed by atoms with Gasteiger partial charge in [0.1, 0.15) is 5.60 Å². The van der Waals surface area contributed by atoms with Gasteiger partial charge in [0.25, 0.3) is 5.91 Å². The summed E-state index contributed by atoms with van der Waals surface area (Å²) in [5, 5.41) is 2.59. The lowest BCUT2D eigenvalue weighted by Crippen LogP contribution is -2.50. The molecule has 7 nitrogen and oxygen atoms in total. The van der Waals surface area contributed by atoms with Crippen molar-refractivity contribution in [2.45, 2.75) is 32.5 Å². The first-order chi connectivity index (χ1) is 15.3. The lowest BCUT2D eigenvalue weighted by atomic mass is 10.1. The number of nitrogen functional groups attached to an aromatic ring is 1. The summed E-state index contributed by atoms with van der Waals surface area (Å²) in [6.07, 6.45) is -4.91. The zero-order valence-electron chi connectivity index (χ0n) is 18.7. The van der Waals surface area contributed by atoms with Crippen molar-refractivity contribution < 1.29 is 27.5 Å². The zero-order chi connectivity index (χ0) is 24.4. The highest BCUT2D eigenvalue weighted by atomic mass is 19.4. The SMILES string of the molecule is CC(C)(C)OC(=O)N1CCN(c2ccccc2C(=O)Nc2ccc(C(F)(F)F)cc2N)CC1. The fraction of sp³-hybridized carbons (Fsp3) is 0.391. The first-order valence-corrected chi connectivity index (χ1v) is 10.4. The van der Waals surface area contributed by atoms with Crippen LogP contribution in [0.3, 0.4) is 0 Å². The van der Waals surface area contributed by atoms with E-state index in [9.17, 15) is 22.8 Å². The van der Waals surface area contributed by atoms with Crippen LogP contribution in [0.2, 0.25) is 0 Å². The Morgan fingerprint density at radius 3 is 2.21 bits per heavy atom. The van der Waals surface area contributed by atoms with Gasteiger partial charge in [-0.3, -0.25) is 4.79 Å². The molecule has 0 aromatic heterocycles. The van der Waals surface area contributed by atoms with Crippen LogP contribution in [0.25, 0.3) is 0 Å². The van der Waals surface area contributed by atoms with E-state index in [-0.39, 0.29) is 17.5 Å². The second kappa shape index (κ2) is 9.21. The Morgan fingerprint density at radius 2 is 1.64 bits per heavy atom. The van der Waals surface area contributed by atoms with E-state index in [1.54, 1.807) is 49.9 Å². The number of amides is 2. The third-order valence-corrected chi connectivity index (χ3v) is 5.05. The molecular weight excluding hydrogens is 437 g/mol. The minimum atomic E-state index is -4.52. The van der Waals surface area contributed by atoms with E-state index in [1.807, 2.05) is 4.90 Å². The van der Waals surface area contributed by atoms with E-state index in [0.29, 0.717) is 37.4 Å². The van der Waals surface area contributed by atoms with Crippen LogP contribution in [-0.4, -0.2) is 48.7 Å². The third kappa shape index (κ3) is 6.09. The Kier molecular flexibility index (Phi) is 6.76. The molecule has 0 unspecified atom stereocenters. The normalized spacial score (nSPS) is 14.7. The molecule has 0 aliphatic carbocycles. The Bertz CT molecular complexity index is 1030. The van der Waals surface area contributed by atoms with Gasteiger partial charge in [0.15, 0.2) is 0 Å². The number of benzene rings is 2. The number of nitrogens with one attached hydrogen (secondary N) is 1. The smallest absolute Gasteiger partial charge is 0.416 e. The number of hydrogen-bond acceptors (Lipinski definition) is 5. The molecule has 1 aliphatic heterocycles. The number of piperazine rings is 1. The molecule has 2 aromatic carbocycles. The van der Waals surface area contributed by atoms with Crippen molar-refractivity contribution in [1.29, 1.82) is 0 Å². The summed E-state index contributed by atoms with van der Waals surface area (Å²) in [6, 6.07) is 9.70. The Hall–Kier alpha value is -3.43. The van der Waals surface area contributed by atoms with E-state index < -0.39 is 23.2 Å². The van der Waals surface area contributed by atoms with Gasteiger partial charge in [-0.25, -0.2) is 4.79 Å². The Balaban J connectivity index is 1.71. The van der Waals surface area contributed by atoms with Crippen molar-refractivity contribution in [3.8, 4) is 0 Å². The van der Waals surface area contributed by atoms with Crippen molar-refractivity contribution in [3.63, 3.8) is 0 Å². The van der Waals surface area contributed by atoms with Gasteiger partial charge in [-0.2, -0.15) is 13.2 Å². The number of anilines is 3. The van der Waals surface area contributed by atoms with Gasteiger partial charge in [-0.05, 0) is 51.1 Å². The van der Waals surface area contributed by atoms with Gasteiger partial charge in [0.2, 0.25) is 0 Å². The number of nitrogens with zero attached hydrogens (tertiary/aromatic N) is 2. The highest BCUT2D eigenvalue weighted by Gasteiger charge is 2.31. The summed E-state index contributed by atoms with van der Waals surface area (Å²) in [6.45, 7) is 7.25. The summed E-state index contributed by atoms with van der Waals surface area (Å²) in [5.41, 5.74) is 5.19. The fourth-order valence-electron chi connectivity index (χ4n) is 3.44. The van der Waals surface area contributed by atoms with E-state index in [2.05, 4.69) is 5.32 Å². The molecule has 3 rings (SSSR count). The predicted molar refractivity (Wildman–Crippen MR) is 120 cm³/mol. The second-order valence-corrected chi connectivity index (χ2v) is 8.73. The molecule has 0 bridgehead atoms. The fourth-order valence-corrected chi connectivity index (χ4v) is 3.44. The van der Waals surface area contributed by atoms with E-state index in [1.165, 1.54) is 0 Å². The number of hydrogen-bond donors (Lipinski definition) is 2. The first-order valence-electron chi connectivity index (χ1n) is 10.4. The molecule has 2 amide bonds. The molecule has 10 heteroatoms. The minimum Gasteiger partial charge on any atom is -0.444 e. The maximum absolute atomic E-state index is 12.9. The van der Waals surface area contributed by atoms with Crippen molar-refractivity contribution in [3.05, 3.63) is 53.6 Å². The number of ether oxygens (including phenoxy) is 1. The number of nitrogens with two attached hydrogens (primary N) is 1. The van der Waals surface area contributed by atoms with Crippen molar-refractivity contribution >= 4 is 29.1 Å². The highest BCUT2D eigenvalue weighted by molar-refractivity contribution is 6.09. The van der Waals surface area contributed by atoms with Crippen LogP contribution in [0.5, 0.6) is 0 Å². The molecule has 1 fully saturated rings. The largest absolute Gasteiger partial charge is 0.444 e. The van der Waals surface area contributed by atoms with Crippen LogP contribution in [0.15, 0.2) is 42.5 Å². The van der Waals surface area contributed by atoms with Crippen LogP contribution in [-0.2, 0) is 10.9 Å². The van der Waals surface area contributed by atoms with Crippen LogP contribution >= 0.6 is 0 Å². The summed E-state index contributed by atoms with van der Waals surface area (Å²) in [5.74, 6) is -0.494. The van der Waals surface area contributed by atoms with E-state index >= 15 is 0 Å². The third-order valence-electron chi connectivity index (χ3n) is 5.05. The summed E-state index contributed by atoms with van der Waals surface area (Å²) in [7, 11) is 0. The first kappa shape index (κ1) is 24.2. The number of para-hydroxylation sites is 1. The number of carbonyl (C=O) groups is 2. The van der Waals surface area contributed by atoms with Gasteiger partial charge in [-0.1, -0.05) is 12.1 Å². The van der Waals surface area contributed by atoms with Crippen LogP contribution in [0.1, 0.15) is 36.7 Å². The highest BCUT2D eigenvalue weighted by Crippen LogP contribution is 2.33. The lowest BCUT2D eigenvalue weighted by Gasteiger charge is -2.37. The summed E-state index contributed by atoms with van der Waals surface area (Å²) >= 11 is 0. The van der Waals surface area contributed by atoms with Gasteiger partial charge in [0, 0.05) is 31.9 Å². The molecule has 0 spiro atoms. The van der Waals surface area contributed by atoms with Gasteiger partial charge >= 0.3 is 12.3 Å². The monoisotopic (exact) mass is 464 g/mol. The molecule has 3 N–H and O–H groups in total. The van der Waals surface area contributed by atoms with Crippen molar-refractivity contribution in [2.24, 2.45) is 0 Å². The molecule has 0 atom stereocenters. The second-order valence-electron chi connectivity index (χ2n) is 8.73. The standard InChI is InChI=1S/C23H27F3N4O3/c1-22(2,3)33-21(32)30-12-10-29(11-13-30)19-7-5-4-6-16(19)20(31)28-18-9-8-15(14-17(18)27)23(24,25)26/h4-9,14H,10-13,27H2,1-3H3,(H,28,31). The molecule has 2 aromatic rings. The molecule has 1 saturated heterocycles. The summed E-state index contributed by atoms with van der Waals surface area (Å²) in [4.78, 5) is 28.8. The molecule has 178 valence electrons. The Labute approximate surface area is 190 Å². The molecule has 0 radical (unpaired) electrons.